The van der Waals surface area contributed by atoms with Gasteiger partial charge in [0.1, 0.15) is 6.04 Å². The van der Waals surface area contributed by atoms with Crippen molar-refractivity contribution >= 4 is 45.2 Å². The third-order valence-corrected chi connectivity index (χ3v) is 5.17. The van der Waals surface area contributed by atoms with Crippen LogP contribution in [0.25, 0.3) is 10.8 Å². The van der Waals surface area contributed by atoms with Gasteiger partial charge in [-0.05, 0) is 45.3 Å². The van der Waals surface area contributed by atoms with Gasteiger partial charge in [-0.25, -0.2) is 4.79 Å². The molecule has 4 nitrogen and oxygen atoms in total. The van der Waals surface area contributed by atoms with Crippen molar-refractivity contribution in [2.45, 2.75) is 25.4 Å². The number of amides is 1. The summed E-state index contributed by atoms with van der Waals surface area (Å²) >= 11 is 2.27. The molecule has 0 saturated carbocycles. The minimum absolute atomic E-state index is 0.0774. The smallest absolute Gasteiger partial charge is 0.326 e. The van der Waals surface area contributed by atoms with Gasteiger partial charge in [-0.15, -0.1) is 0 Å². The van der Waals surface area contributed by atoms with Gasteiger partial charge in [0.25, 0.3) is 0 Å². The number of carbonyl (C=O) groups is 2. The number of benzene rings is 2. The van der Waals surface area contributed by atoms with E-state index in [0.29, 0.717) is 19.4 Å². The normalized spacial score (nSPS) is 18.4. The van der Waals surface area contributed by atoms with E-state index >= 15 is 0 Å². The van der Waals surface area contributed by atoms with Crippen LogP contribution in [0.5, 0.6) is 0 Å². The summed E-state index contributed by atoms with van der Waals surface area (Å²) in [5.74, 6) is -0.997. The number of carboxylic acids is 1. The fourth-order valence-electron chi connectivity index (χ4n) is 2.77. The fraction of sp³-hybridized carbons (Fsp3) is 0.250. The standard InChI is InChI=1S/C16H14INO3/c17-15-11(6-5-10-3-1-2-4-12(10)15)9-18-13(16(20)21)7-8-14(18)19/h1-6,13H,7-9H2,(H,20,21). The highest BCUT2D eigenvalue weighted by molar-refractivity contribution is 14.1. The van der Waals surface area contributed by atoms with Gasteiger partial charge < -0.3 is 10.0 Å². The quantitative estimate of drug-likeness (QED) is 0.814. The molecule has 0 radical (unpaired) electrons. The molecule has 1 amide bonds. The number of hydrogen-bond acceptors (Lipinski definition) is 2. The molecule has 1 unspecified atom stereocenters. The van der Waals surface area contributed by atoms with Crippen molar-refractivity contribution in [3.63, 3.8) is 0 Å². The number of halogens is 1. The van der Waals surface area contributed by atoms with Crippen LogP contribution in [0.1, 0.15) is 18.4 Å². The molecular weight excluding hydrogens is 381 g/mol. The first-order valence-electron chi connectivity index (χ1n) is 6.76. The number of nitrogens with zero attached hydrogens (tertiary/aromatic N) is 1. The number of carbonyl (C=O) groups excluding carboxylic acids is 1. The van der Waals surface area contributed by atoms with E-state index in [2.05, 4.69) is 22.6 Å². The lowest BCUT2D eigenvalue weighted by molar-refractivity contribution is -0.146. The van der Waals surface area contributed by atoms with Gasteiger partial charge in [-0.1, -0.05) is 36.4 Å². The Morgan fingerprint density at radius 1 is 1.29 bits per heavy atom. The number of carboxylic acid groups (broad SMARTS) is 1. The zero-order valence-corrected chi connectivity index (χ0v) is 13.4. The number of fused-ring (bicyclic) bond motifs is 1. The van der Waals surface area contributed by atoms with Crippen LogP contribution in [0.4, 0.5) is 0 Å². The Labute approximate surface area is 135 Å². The Bertz CT molecular complexity index is 729. The summed E-state index contributed by atoms with van der Waals surface area (Å²) in [5, 5.41) is 11.5. The second kappa shape index (κ2) is 5.63. The van der Waals surface area contributed by atoms with Crippen LogP contribution in [0.3, 0.4) is 0 Å². The first kappa shape index (κ1) is 14.3. The molecule has 1 N–H and O–H groups in total. The molecule has 2 aromatic rings. The highest BCUT2D eigenvalue weighted by atomic mass is 127. The summed E-state index contributed by atoms with van der Waals surface area (Å²) in [5.41, 5.74) is 0.996. The first-order valence-corrected chi connectivity index (χ1v) is 7.84. The van der Waals surface area contributed by atoms with Gasteiger partial charge in [0.05, 0.1) is 0 Å². The minimum Gasteiger partial charge on any atom is -0.480 e. The summed E-state index contributed by atoms with van der Waals surface area (Å²) in [4.78, 5) is 24.7. The largest absolute Gasteiger partial charge is 0.480 e. The summed E-state index contributed by atoms with van der Waals surface area (Å²) in [6.07, 6.45) is 0.722. The molecule has 1 saturated heterocycles. The van der Waals surface area contributed by atoms with Gasteiger partial charge in [-0.3, -0.25) is 4.79 Å². The van der Waals surface area contributed by atoms with Crippen LogP contribution in [0.15, 0.2) is 36.4 Å². The monoisotopic (exact) mass is 395 g/mol. The molecule has 0 bridgehead atoms. The van der Waals surface area contributed by atoms with Crippen molar-refractivity contribution < 1.29 is 14.7 Å². The summed E-state index contributed by atoms with van der Waals surface area (Å²) in [7, 11) is 0. The number of hydrogen-bond donors (Lipinski definition) is 1. The maximum absolute atomic E-state index is 11.9. The van der Waals surface area contributed by atoms with E-state index in [4.69, 9.17) is 0 Å². The number of likely N-dealkylation sites (tertiary alicyclic amines) is 1. The average Bonchev–Trinajstić information content (AvgIpc) is 2.84. The molecule has 0 spiro atoms. The van der Waals surface area contributed by atoms with Gasteiger partial charge in [-0.2, -0.15) is 0 Å². The Morgan fingerprint density at radius 2 is 2.05 bits per heavy atom. The van der Waals surface area contributed by atoms with Gasteiger partial charge in [0, 0.05) is 16.5 Å². The molecule has 1 aliphatic rings. The van der Waals surface area contributed by atoms with Crippen LogP contribution in [-0.2, 0) is 16.1 Å². The van der Waals surface area contributed by atoms with Gasteiger partial charge in [0.15, 0.2) is 0 Å². The molecule has 2 aromatic carbocycles. The molecule has 1 atom stereocenters. The van der Waals surface area contributed by atoms with Crippen molar-refractivity contribution in [2.75, 3.05) is 0 Å². The van der Waals surface area contributed by atoms with E-state index < -0.39 is 12.0 Å². The molecular formula is C16H14INO3. The zero-order valence-electron chi connectivity index (χ0n) is 11.3. The second-order valence-corrected chi connectivity index (χ2v) is 6.25. The second-order valence-electron chi connectivity index (χ2n) is 5.17. The molecule has 1 fully saturated rings. The topological polar surface area (TPSA) is 57.6 Å². The Kier molecular flexibility index (Phi) is 3.84. The maximum Gasteiger partial charge on any atom is 0.326 e. The van der Waals surface area contributed by atoms with Crippen LogP contribution in [0.2, 0.25) is 0 Å². The average molecular weight is 395 g/mol. The Balaban J connectivity index is 1.96. The SMILES string of the molecule is O=C(O)C1CCC(=O)N1Cc1ccc2ccccc2c1I. The molecule has 0 aliphatic carbocycles. The molecule has 0 aromatic heterocycles. The highest BCUT2D eigenvalue weighted by Gasteiger charge is 2.36. The van der Waals surface area contributed by atoms with E-state index in [-0.39, 0.29) is 5.91 Å². The molecule has 1 heterocycles. The van der Waals surface area contributed by atoms with Crippen molar-refractivity contribution in [3.05, 3.63) is 45.5 Å². The highest BCUT2D eigenvalue weighted by Crippen LogP contribution is 2.28. The molecule has 3 rings (SSSR count). The Hall–Kier alpha value is -1.63. The van der Waals surface area contributed by atoms with Crippen molar-refractivity contribution in [2.24, 2.45) is 0 Å². The van der Waals surface area contributed by atoms with Gasteiger partial charge in [0.2, 0.25) is 5.91 Å². The van der Waals surface area contributed by atoms with Crippen LogP contribution in [0, 0.1) is 3.57 Å². The third kappa shape index (κ3) is 2.62. The van der Waals surface area contributed by atoms with E-state index in [1.54, 1.807) is 0 Å². The van der Waals surface area contributed by atoms with Crippen molar-refractivity contribution in [1.82, 2.24) is 4.90 Å². The maximum atomic E-state index is 11.9. The molecule has 21 heavy (non-hydrogen) atoms. The van der Waals surface area contributed by atoms with E-state index in [9.17, 15) is 14.7 Å². The molecule has 1 aliphatic heterocycles. The summed E-state index contributed by atoms with van der Waals surface area (Å²) in [6.45, 7) is 0.360. The van der Waals surface area contributed by atoms with Crippen molar-refractivity contribution in [3.8, 4) is 0 Å². The lowest BCUT2D eigenvalue weighted by atomic mass is 10.1. The number of aliphatic carboxylic acids is 1. The molecule has 108 valence electrons. The van der Waals surface area contributed by atoms with Crippen molar-refractivity contribution in [1.29, 1.82) is 0 Å². The summed E-state index contributed by atoms with van der Waals surface area (Å²) < 4.78 is 1.08. The molecule has 5 heteroatoms. The zero-order chi connectivity index (χ0) is 15.0. The summed E-state index contributed by atoms with van der Waals surface area (Å²) in [6, 6.07) is 11.4. The lowest BCUT2D eigenvalue weighted by Gasteiger charge is -2.22. The Morgan fingerprint density at radius 3 is 2.81 bits per heavy atom. The van der Waals surface area contributed by atoms with Crippen LogP contribution < -0.4 is 0 Å². The minimum atomic E-state index is -0.920. The van der Waals surface area contributed by atoms with Crippen LogP contribution in [-0.4, -0.2) is 27.9 Å². The van der Waals surface area contributed by atoms with E-state index in [0.717, 1.165) is 19.9 Å². The van der Waals surface area contributed by atoms with E-state index in [1.165, 1.54) is 4.90 Å². The fourth-order valence-corrected chi connectivity index (χ4v) is 3.61. The third-order valence-electron chi connectivity index (χ3n) is 3.90. The van der Waals surface area contributed by atoms with Gasteiger partial charge >= 0.3 is 5.97 Å². The predicted octanol–water partition coefficient (Wildman–Crippen LogP) is 3.02. The van der Waals surface area contributed by atoms with Crippen LogP contribution >= 0.6 is 22.6 Å². The predicted molar refractivity (Wildman–Crippen MR) is 87.9 cm³/mol. The first-order chi connectivity index (χ1) is 10.1. The van der Waals surface area contributed by atoms with E-state index in [1.807, 2.05) is 36.4 Å². The lowest BCUT2D eigenvalue weighted by Crippen LogP contribution is -2.38. The number of rotatable bonds is 3.